The quantitative estimate of drug-likeness (QED) is 0.125. The number of nitrogens with one attached hydrogen (secondary N) is 4. The molecular formula is C30H30N6O6. The summed E-state index contributed by atoms with van der Waals surface area (Å²) < 4.78 is 1.39. The number of aromatic amines is 2. The number of rotatable bonds is 11. The zero-order valence-corrected chi connectivity index (χ0v) is 22.4. The van der Waals surface area contributed by atoms with Gasteiger partial charge in [-0.3, -0.25) is 14.4 Å². The fraction of sp³-hybridized carbons (Fsp3) is 0.200. The molecule has 0 spiro atoms. The number of carboxylic acid groups (broad SMARTS) is 1. The van der Waals surface area contributed by atoms with Crippen molar-refractivity contribution in [3.8, 4) is 5.75 Å². The number of carboxylic acids is 1. The molecule has 0 radical (unpaired) electrons. The number of fused-ring (bicyclic) bond motifs is 2. The summed E-state index contributed by atoms with van der Waals surface area (Å²) in [6.07, 6.45) is 6.08. The van der Waals surface area contributed by atoms with Gasteiger partial charge in [-0.15, -0.1) is 0 Å². The molecule has 0 aliphatic carbocycles. The molecule has 0 saturated carbocycles. The molecule has 2 aromatic carbocycles. The lowest BCUT2D eigenvalue weighted by atomic mass is 10.0. The Hall–Kier alpha value is -5.36. The minimum absolute atomic E-state index is 0.0220. The van der Waals surface area contributed by atoms with Gasteiger partial charge in [-0.2, -0.15) is 0 Å². The van der Waals surface area contributed by atoms with Gasteiger partial charge in [0, 0.05) is 72.0 Å². The Labute approximate surface area is 239 Å². The van der Waals surface area contributed by atoms with Crippen molar-refractivity contribution in [1.82, 2.24) is 25.2 Å². The highest BCUT2D eigenvalue weighted by Crippen LogP contribution is 2.21. The lowest BCUT2D eigenvalue weighted by Crippen LogP contribution is -2.56. The van der Waals surface area contributed by atoms with Crippen molar-refractivity contribution in [2.24, 2.45) is 5.73 Å². The van der Waals surface area contributed by atoms with Crippen LogP contribution in [0, 0.1) is 0 Å². The van der Waals surface area contributed by atoms with Crippen LogP contribution in [-0.2, 0) is 33.8 Å². The number of hydrogen-bond donors (Lipinski definition) is 7. The number of hydrogen-bond acceptors (Lipinski definition) is 6. The average Bonchev–Trinajstić information content (AvgIpc) is 3.58. The Morgan fingerprint density at radius 1 is 0.833 bits per heavy atom. The van der Waals surface area contributed by atoms with E-state index < -0.39 is 47.1 Å². The minimum atomic E-state index is -1.27. The Bertz CT molecular complexity index is 1820. The van der Waals surface area contributed by atoms with Crippen LogP contribution in [0.4, 0.5) is 0 Å². The van der Waals surface area contributed by atoms with E-state index in [4.69, 9.17) is 5.73 Å². The van der Waals surface area contributed by atoms with Crippen molar-refractivity contribution >= 4 is 39.6 Å². The number of aromatic hydroxyl groups is 1. The summed E-state index contributed by atoms with van der Waals surface area (Å²) in [6, 6.07) is 12.5. The first-order chi connectivity index (χ1) is 20.2. The Morgan fingerprint density at radius 2 is 1.38 bits per heavy atom. The van der Waals surface area contributed by atoms with Gasteiger partial charge in [0.25, 0.3) is 0 Å². The molecule has 5 rings (SSSR count). The SMILES string of the molecule is NC(Cn1ccc(=O)c(O)c1)C(=O)N[C@@H](Cc1c[nH]c2ccccc12)C(=O)N[C@@H](Cc1c[nH]c2ccccc12)C(=O)O. The van der Waals surface area contributed by atoms with E-state index in [2.05, 4.69) is 20.6 Å². The van der Waals surface area contributed by atoms with Crippen molar-refractivity contribution in [2.75, 3.05) is 0 Å². The third-order valence-electron chi connectivity index (χ3n) is 7.15. The van der Waals surface area contributed by atoms with Crippen molar-refractivity contribution in [3.05, 3.63) is 101 Å². The van der Waals surface area contributed by atoms with E-state index >= 15 is 0 Å². The van der Waals surface area contributed by atoms with E-state index in [1.165, 1.54) is 10.8 Å². The van der Waals surface area contributed by atoms with Gasteiger partial charge in [0.2, 0.25) is 17.2 Å². The summed E-state index contributed by atoms with van der Waals surface area (Å²) in [5, 5.41) is 26.6. The van der Waals surface area contributed by atoms with E-state index in [1.807, 2.05) is 48.5 Å². The van der Waals surface area contributed by atoms with E-state index in [0.29, 0.717) is 0 Å². The van der Waals surface area contributed by atoms with Crippen LogP contribution < -0.4 is 21.8 Å². The number of amides is 2. The van der Waals surface area contributed by atoms with Gasteiger partial charge in [0.15, 0.2) is 5.75 Å². The highest BCUT2D eigenvalue weighted by molar-refractivity contribution is 5.93. The Morgan fingerprint density at radius 3 is 1.95 bits per heavy atom. The van der Waals surface area contributed by atoms with Crippen LogP contribution in [0.15, 0.2) is 84.2 Å². The number of para-hydroxylation sites is 2. The topological polar surface area (TPSA) is 195 Å². The van der Waals surface area contributed by atoms with Gasteiger partial charge in [-0.1, -0.05) is 36.4 Å². The molecule has 12 nitrogen and oxygen atoms in total. The molecule has 3 atom stereocenters. The summed E-state index contributed by atoms with van der Waals surface area (Å²) >= 11 is 0. The lowest BCUT2D eigenvalue weighted by Gasteiger charge is -2.23. The van der Waals surface area contributed by atoms with Gasteiger partial charge in [-0.25, -0.2) is 4.79 Å². The van der Waals surface area contributed by atoms with Crippen molar-refractivity contribution < 1.29 is 24.6 Å². The summed E-state index contributed by atoms with van der Waals surface area (Å²) in [7, 11) is 0. The molecule has 2 amide bonds. The monoisotopic (exact) mass is 570 g/mol. The molecule has 3 heterocycles. The Kier molecular flexibility index (Phi) is 8.07. The number of carbonyl (C=O) groups is 3. The summed E-state index contributed by atoms with van der Waals surface area (Å²) in [4.78, 5) is 56.7. The molecule has 0 bridgehead atoms. The van der Waals surface area contributed by atoms with Gasteiger partial charge in [0.05, 0.1) is 0 Å². The number of benzene rings is 2. The fourth-order valence-corrected chi connectivity index (χ4v) is 4.94. The normalized spacial score (nSPS) is 13.5. The van der Waals surface area contributed by atoms with Crippen molar-refractivity contribution in [2.45, 2.75) is 37.5 Å². The van der Waals surface area contributed by atoms with E-state index in [0.717, 1.165) is 45.2 Å². The minimum Gasteiger partial charge on any atom is -0.503 e. The first-order valence-corrected chi connectivity index (χ1v) is 13.3. The molecule has 8 N–H and O–H groups in total. The van der Waals surface area contributed by atoms with E-state index in [-0.39, 0.29) is 19.4 Å². The molecule has 5 aromatic rings. The van der Waals surface area contributed by atoms with Crippen LogP contribution in [0.3, 0.4) is 0 Å². The maximum Gasteiger partial charge on any atom is 0.326 e. The fourth-order valence-electron chi connectivity index (χ4n) is 4.94. The molecule has 216 valence electrons. The van der Waals surface area contributed by atoms with E-state index in [9.17, 15) is 29.4 Å². The predicted octanol–water partition coefficient (Wildman–Crippen LogP) is 1.38. The molecule has 0 saturated heterocycles. The number of nitrogens with two attached hydrogens (primary N) is 1. The average molecular weight is 571 g/mol. The Balaban J connectivity index is 1.36. The van der Waals surface area contributed by atoms with Crippen LogP contribution in [-0.4, -0.2) is 60.7 Å². The second-order valence-electron chi connectivity index (χ2n) is 10.1. The van der Waals surface area contributed by atoms with Crippen LogP contribution in [0.5, 0.6) is 5.75 Å². The van der Waals surface area contributed by atoms with E-state index in [1.54, 1.807) is 12.4 Å². The van der Waals surface area contributed by atoms with Crippen LogP contribution in [0.1, 0.15) is 11.1 Å². The van der Waals surface area contributed by atoms with Crippen LogP contribution in [0.2, 0.25) is 0 Å². The zero-order chi connectivity index (χ0) is 29.8. The van der Waals surface area contributed by atoms with Crippen LogP contribution >= 0.6 is 0 Å². The molecular weight excluding hydrogens is 540 g/mol. The van der Waals surface area contributed by atoms with Crippen LogP contribution in [0.25, 0.3) is 21.8 Å². The van der Waals surface area contributed by atoms with Crippen molar-refractivity contribution in [3.63, 3.8) is 0 Å². The molecule has 0 aliphatic heterocycles. The predicted molar refractivity (Wildman–Crippen MR) is 156 cm³/mol. The summed E-state index contributed by atoms with van der Waals surface area (Å²) in [6.45, 7) is -0.0839. The smallest absolute Gasteiger partial charge is 0.326 e. The lowest BCUT2D eigenvalue weighted by molar-refractivity contribution is -0.142. The number of carbonyl (C=O) groups excluding carboxylic acids is 2. The second kappa shape index (κ2) is 12.0. The highest BCUT2D eigenvalue weighted by Gasteiger charge is 2.29. The summed E-state index contributed by atoms with van der Waals surface area (Å²) in [5.74, 6) is -3.07. The van der Waals surface area contributed by atoms with Gasteiger partial charge in [-0.05, 0) is 23.3 Å². The first-order valence-electron chi connectivity index (χ1n) is 13.3. The highest BCUT2D eigenvalue weighted by atomic mass is 16.4. The number of aromatic nitrogens is 3. The number of aliphatic carboxylic acids is 1. The maximum atomic E-state index is 13.6. The number of pyridine rings is 1. The second-order valence-corrected chi connectivity index (χ2v) is 10.1. The van der Waals surface area contributed by atoms with Gasteiger partial charge >= 0.3 is 5.97 Å². The van der Waals surface area contributed by atoms with Crippen molar-refractivity contribution in [1.29, 1.82) is 0 Å². The summed E-state index contributed by atoms with van der Waals surface area (Å²) in [5.41, 5.74) is 8.70. The third kappa shape index (κ3) is 6.18. The largest absolute Gasteiger partial charge is 0.503 e. The zero-order valence-electron chi connectivity index (χ0n) is 22.4. The molecule has 42 heavy (non-hydrogen) atoms. The first kappa shape index (κ1) is 28.2. The third-order valence-corrected chi connectivity index (χ3v) is 7.15. The molecule has 0 fully saturated rings. The molecule has 0 aliphatic rings. The standard InChI is InChI=1S/C30H30N6O6/c31-21(15-36-10-9-26(37)27(38)16-36)28(39)34-24(11-17-13-32-22-7-3-1-5-19(17)22)29(40)35-25(30(41)42)12-18-14-33-23-8-4-2-6-20(18)23/h1-10,13-14,16,21,24-25,32-33,38H,11-12,15,31H2,(H,34,39)(H,35,40)(H,41,42)/t21?,24-,25-/m0/s1. The molecule has 1 unspecified atom stereocenters. The van der Waals surface area contributed by atoms with Gasteiger partial charge in [0.1, 0.15) is 18.1 Å². The van der Waals surface area contributed by atoms with Gasteiger partial charge < -0.3 is 41.1 Å². The number of H-pyrrole nitrogens is 2. The molecule has 12 heteroatoms. The molecule has 3 aromatic heterocycles. The number of nitrogens with zero attached hydrogens (tertiary/aromatic N) is 1. The maximum absolute atomic E-state index is 13.6.